The third-order valence-electron chi connectivity index (χ3n) is 6.55. The second-order valence-corrected chi connectivity index (χ2v) is 9.12. The number of nitrogens with zero attached hydrogens (tertiary/aromatic N) is 5. The van der Waals surface area contributed by atoms with Crippen LogP contribution in [-0.2, 0) is 12.7 Å². The van der Waals surface area contributed by atoms with Gasteiger partial charge in [0.25, 0.3) is 5.91 Å². The van der Waals surface area contributed by atoms with Crippen molar-refractivity contribution < 1.29 is 18.0 Å². The number of amides is 1. The van der Waals surface area contributed by atoms with E-state index in [0.717, 1.165) is 34.2 Å². The highest BCUT2D eigenvalue weighted by Gasteiger charge is 2.36. The minimum atomic E-state index is -4.73. The number of halogens is 3. The van der Waals surface area contributed by atoms with Crippen LogP contribution < -0.4 is 5.32 Å². The van der Waals surface area contributed by atoms with Gasteiger partial charge in [-0.2, -0.15) is 23.4 Å². The fraction of sp³-hybridized carbons (Fsp3) is 0.103. The maximum absolute atomic E-state index is 14.1. The lowest BCUT2D eigenvalue weighted by atomic mass is 10.0. The summed E-state index contributed by atoms with van der Waals surface area (Å²) in [7, 11) is 0. The molecule has 7 nitrogen and oxygen atoms in total. The molecule has 0 aliphatic heterocycles. The largest absolute Gasteiger partial charge is 0.433 e. The summed E-state index contributed by atoms with van der Waals surface area (Å²) in [5, 5.41) is 12.5. The molecule has 3 heterocycles. The van der Waals surface area contributed by atoms with E-state index in [4.69, 9.17) is 0 Å². The summed E-state index contributed by atoms with van der Waals surface area (Å²) in [6.45, 7) is 2.51. The first-order valence-electron chi connectivity index (χ1n) is 12.1. The van der Waals surface area contributed by atoms with Gasteiger partial charge in [-0.3, -0.25) is 9.48 Å². The molecule has 0 spiro atoms. The van der Waals surface area contributed by atoms with E-state index in [9.17, 15) is 18.0 Å². The fourth-order valence-corrected chi connectivity index (χ4v) is 4.57. The van der Waals surface area contributed by atoms with Gasteiger partial charge < -0.3 is 5.32 Å². The summed E-state index contributed by atoms with van der Waals surface area (Å²) in [5.41, 5.74) is 1.45. The van der Waals surface area contributed by atoms with Crippen LogP contribution in [0, 0.1) is 6.92 Å². The molecule has 0 radical (unpaired) electrons. The van der Waals surface area contributed by atoms with Crippen molar-refractivity contribution in [3.8, 4) is 11.3 Å². The molecule has 0 aliphatic rings. The molecule has 0 bridgehead atoms. The van der Waals surface area contributed by atoms with Crippen LogP contribution in [0.2, 0.25) is 0 Å². The minimum Gasteiger partial charge on any atom is -0.305 e. The number of carbonyl (C=O) groups is 1. The van der Waals surface area contributed by atoms with Crippen molar-refractivity contribution in [3.05, 3.63) is 114 Å². The predicted octanol–water partition coefficient (Wildman–Crippen LogP) is 6.37. The predicted molar refractivity (Wildman–Crippen MR) is 141 cm³/mol. The third-order valence-corrected chi connectivity index (χ3v) is 6.55. The Hall–Kier alpha value is -4.99. The topological polar surface area (TPSA) is 77.1 Å². The lowest BCUT2D eigenvalue weighted by Gasteiger charge is -2.13. The number of aryl methyl sites for hydroxylation is 1. The quantitative estimate of drug-likeness (QED) is 0.283. The van der Waals surface area contributed by atoms with Crippen LogP contribution in [0.4, 0.5) is 19.0 Å². The Bertz CT molecular complexity index is 1850. The molecule has 0 unspecified atom stereocenters. The number of benzene rings is 3. The third kappa shape index (κ3) is 4.61. The van der Waals surface area contributed by atoms with Crippen LogP contribution >= 0.6 is 0 Å². The van der Waals surface area contributed by atoms with Crippen molar-refractivity contribution in [1.82, 2.24) is 24.4 Å². The lowest BCUT2D eigenvalue weighted by Crippen LogP contribution is -2.16. The summed E-state index contributed by atoms with van der Waals surface area (Å²) in [6, 6.07) is 23.2. The van der Waals surface area contributed by atoms with Gasteiger partial charge >= 0.3 is 6.18 Å². The molecule has 1 N–H and O–H groups in total. The first-order chi connectivity index (χ1) is 18.8. The number of alkyl halides is 3. The first-order valence-corrected chi connectivity index (χ1v) is 12.1. The number of hydrogen-bond acceptors (Lipinski definition) is 4. The number of fused-ring (bicyclic) bond motifs is 2. The molecule has 3 aromatic carbocycles. The van der Waals surface area contributed by atoms with E-state index in [0.29, 0.717) is 16.6 Å². The molecule has 10 heteroatoms. The zero-order chi connectivity index (χ0) is 27.1. The zero-order valence-electron chi connectivity index (χ0n) is 20.6. The molecule has 1 amide bonds. The number of carbonyl (C=O) groups excluding carboxylic acids is 1. The van der Waals surface area contributed by atoms with Crippen molar-refractivity contribution in [2.24, 2.45) is 0 Å². The van der Waals surface area contributed by atoms with Gasteiger partial charge in [-0.15, -0.1) is 0 Å². The Balaban J connectivity index is 1.38. The van der Waals surface area contributed by atoms with E-state index < -0.39 is 17.8 Å². The number of nitrogens with one attached hydrogen (secondary N) is 1. The second-order valence-electron chi connectivity index (χ2n) is 9.12. The summed E-state index contributed by atoms with van der Waals surface area (Å²) in [5.74, 6) is -0.406. The maximum Gasteiger partial charge on any atom is 0.433 e. The first kappa shape index (κ1) is 24.4. The van der Waals surface area contributed by atoms with E-state index in [1.807, 2.05) is 61.5 Å². The van der Waals surface area contributed by atoms with Crippen molar-refractivity contribution >= 4 is 28.1 Å². The Morgan fingerprint density at radius 2 is 1.74 bits per heavy atom. The standard InChI is InChI=1S/C29H21F3N6O/c1-18-7-2-3-9-20(18)17-37-14-13-26(36-37)35-28(39)23-16-33-38-25(29(30,31)32)15-24(34-27(23)38)22-12-6-10-19-8-4-5-11-21(19)22/h2-16H,17H2,1H3,(H,35,36,39). The summed E-state index contributed by atoms with van der Waals surface area (Å²) in [4.78, 5) is 17.7. The van der Waals surface area contributed by atoms with Gasteiger partial charge in [0.05, 0.1) is 18.4 Å². The molecule has 194 valence electrons. The molecule has 0 fully saturated rings. The van der Waals surface area contributed by atoms with Gasteiger partial charge in [0, 0.05) is 17.8 Å². The molecule has 39 heavy (non-hydrogen) atoms. The molecule has 3 aromatic heterocycles. The van der Waals surface area contributed by atoms with Crippen molar-refractivity contribution in [2.75, 3.05) is 5.32 Å². The van der Waals surface area contributed by atoms with Crippen molar-refractivity contribution in [3.63, 3.8) is 0 Å². The second kappa shape index (κ2) is 9.39. The number of anilines is 1. The normalized spacial score (nSPS) is 11.8. The summed E-state index contributed by atoms with van der Waals surface area (Å²) in [6.07, 6.45) is -1.92. The SMILES string of the molecule is Cc1ccccc1Cn1ccc(NC(=O)c2cnn3c(C(F)(F)F)cc(-c4cccc5ccccc45)nc23)n1. The molecule has 0 aliphatic carbocycles. The lowest BCUT2D eigenvalue weighted by molar-refractivity contribution is -0.142. The average Bonchev–Trinajstić information content (AvgIpc) is 3.55. The summed E-state index contributed by atoms with van der Waals surface area (Å²) < 4.78 is 44.6. The van der Waals surface area contributed by atoms with Gasteiger partial charge in [0.1, 0.15) is 5.56 Å². The van der Waals surface area contributed by atoms with Crippen LogP contribution in [0.3, 0.4) is 0 Å². The van der Waals surface area contributed by atoms with Crippen LogP contribution in [0.25, 0.3) is 27.7 Å². The molecule has 0 atom stereocenters. The Kier molecular flexibility index (Phi) is 5.86. The van der Waals surface area contributed by atoms with Crippen LogP contribution in [0.1, 0.15) is 27.2 Å². The Morgan fingerprint density at radius 1 is 0.974 bits per heavy atom. The van der Waals surface area contributed by atoms with Gasteiger partial charge in [-0.25, -0.2) is 9.50 Å². The van der Waals surface area contributed by atoms with E-state index in [1.165, 1.54) is 0 Å². The Morgan fingerprint density at radius 3 is 2.56 bits per heavy atom. The van der Waals surface area contributed by atoms with Crippen molar-refractivity contribution in [1.29, 1.82) is 0 Å². The number of rotatable bonds is 5. The monoisotopic (exact) mass is 526 g/mol. The van der Waals surface area contributed by atoms with Crippen LogP contribution in [0.5, 0.6) is 0 Å². The van der Waals surface area contributed by atoms with Gasteiger partial charge in [-0.05, 0) is 34.9 Å². The van der Waals surface area contributed by atoms with Gasteiger partial charge in [-0.1, -0.05) is 66.7 Å². The molecule has 0 saturated carbocycles. The zero-order valence-corrected chi connectivity index (χ0v) is 20.6. The average molecular weight is 527 g/mol. The van der Waals surface area contributed by atoms with Gasteiger partial charge in [0.15, 0.2) is 17.2 Å². The van der Waals surface area contributed by atoms with E-state index >= 15 is 0 Å². The van der Waals surface area contributed by atoms with E-state index in [1.54, 1.807) is 29.1 Å². The Labute approximate surface area is 220 Å². The molecule has 6 rings (SSSR count). The number of aromatic nitrogens is 5. The van der Waals surface area contributed by atoms with Crippen LogP contribution in [0.15, 0.2) is 91.3 Å². The molecular weight excluding hydrogens is 505 g/mol. The molecular formula is C29H21F3N6O. The smallest absolute Gasteiger partial charge is 0.305 e. The maximum atomic E-state index is 14.1. The minimum absolute atomic E-state index is 0.0867. The number of hydrogen-bond donors (Lipinski definition) is 1. The van der Waals surface area contributed by atoms with E-state index in [2.05, 4.69) is 20.5 Å². The summed E-state index contributed by atoms with van der Waals surface area (Å²) >= 11 is 0. The van der Waals surface area contributed by atoms with Crippen LogP contribution in [-0.4, -0.2) is 30.3 Å². The highest BCUT2D eigenvalue weighted by Crippen LogP contribution is 2.35. The molecule has 0 saturated heterocycles. The molecule has 6 aromatic rings. The fourth-order valence-electron chi connectivity index (χ4n) is 4.57. The van der Waals surface area contributed by atoms with Gasteiger partial charge in [0.2, 0.25) is 0 Å². The van der Waals surface area contributed by atoms with E-state index in [-0.39, 0.29) is 22.7 Å². The van der Waals surface area contributed by atoms with Crippen molar-refractivity contribution in [2.45, 2.75) is 19.6 Å². The highest BCUT2D eigenvalue weighted by atomic mass is 19.4. The highest BCUT2D eigenvalue weighted by molar-refractivity contribution is 6.08.